The summed E-state index contributed by atoms with van der Waals surface area (Å²) < 4.78 is 5.10. The minimum absolute atomic E-state index is 0.500. The van der Waals surface area contributed by atoms with Gasteiger partial charge in [0.2, 0.25) is 0 Å². The van der Waals surface area contributed by atoms with E-state index in [0.717, 1.165) is 5.56 Å². The van der Waals surface area contributed by atoms with Crippen molar-refractivity contribution in [3.8, 4) is 0 Å². The molecule has 1 aromatic carbocycles. The predicted octanol–water partition coefficient (Wildman–Crippen LogP) is 3.87. The first-order valence-corrected chi connectivity index (χ1v) is 5.27. The zero-order valence-electron chi connectivity index (χ0n) is 9.63. The highest BCUT2D eigenvalue weighted by Gasteiger charge is 2.16. The predicted molar refractivity (Wildman–Crippen MR) is 65.8 cm³/mol. The molecule has 87 valence electrons. The molecule has 0 aliphatic heterocycles. The third-order valence-corrected chi connectivity index (χ3v) is 2.05. The van der Waals surface area contributed by atoms with Gasteiger partial charge in [0.25, 0.3) is 0 Å². The van der Waals surface area contributed by atoms with Crippen LogP contribution in [0, 0.1) is 6.92 Å². The summed E-state index contributed by atoms with van der Waals surface area (Å²) in [5.41, 5.74) is 0.795. The molecule has 0 bridgehead atoms. The van der Waals surface area contributed by atoms with Gasteiger partial charge in [-0.05, 0) is 45.4 Å². The molecule has 0 saturated heterocycles. The number of carbonyl (C=O) groups excluding carboxylic acids is 1. The van der Waals surface area contributed by atoms with Crippen molar-refractivity contribution in [1.82, 2.24) is 0 Å². The molecule has 1 aromatic rings. The van der Waals surface area contributed by atoms with Crippen LogP contribution in [0.1, 0.15) is 26.3 Å². The van der Waals surface area contributed by atoms with Crippen molar-refractivity contribution in [3.05, 3.63) is 35.7 Å². The molecule has 1 radical (unpaired) electrons. The first-order valence-electron chi connectivity index (χ1n) is 4.89. The van der Waals surface area contributed by atoms with Gasteiger partial charge in [-0.1, -0.05) is 17.7 Å². The summed E-state index contributed by atoms with van der Waals surface area (Å²) in [5, 5.41) is 3.10. The second-order valence-electron chi connectivity index (χ2n) is 4.43. The Morgan fingerprint density at radius 2 is 2.06 bits per heavy atom. The van der Waals surface area contributed by atoms with Crippen molar-refractivity contribution >= 4 is 23.4 Å². The van der Waals surface area contributed by atoms with Crippen molar-refractivity contribution in [2.75, 3.05) is 5.32 Å². The van der Waals surface area contributed by atoms with Crippen LogP contribution < -0.4 is 5.32 Å². The normalized spacial score (nSPS) is 11.1. The Labute approximate surface area is 101 Å². The fourth-order valence-corrected chi connectivity index (χ4v) is 1.23. The first-order chi connectivity index (χ1) is 7.28. The summed E-state index contributed by atoms with van der Waals surface area (Å²) in [5.74, 6) is 0. The van der Waals surface area contributed by atoms with Crippen LogP contribution in [-0.2, 0) is 4.74 Å². The van der Waals surface area contributed by atoms with Gasteiger partial charge >= 0.3 is 6.09 Å². The van der Waals surface area contributed by atoms with E-state index in [1.807, 2.05) is 0 Å². The van der Waals surface area contributed by atoms with Gasteiger partial charge in [0.05, 0.1) is 0 Å². The van der Waals surface area contributed by atoms with E-state index >= 15 is 0 Å². The third kappa shape index (κ3) is 4.11. The molecule has 0 heterocycles. The quantitative estimate of drug-likeness (QED) is 0.809. The molecule has 0 aliphatic rings. The van der Waals surface area contributed by atoms with E-state index in [1.165, 1.54) is 0 Å². The number of hydrogen-bond acceptors (Lipinski definition) is 2. The molecule has 0 saturated carbocycles. The summed E-state index contributed by atoms with van der Waals surface area (Å²) in [4.78, 5) is 11.4. The highest BCUT2D eigenvalue weighted by atomic mass is 35.5. The standard InChI is InChI=1S/C12H15ClNO2/c1-8-5-6-9(7-10(8)13)14-11(15)16-12(2,3)4/h5-7H,1H2,2-4H3,(H,14,15). The first kappa shape index (κ1) is 12.8. The molecule has 16 heavy (non-hydrogen) atoms. The van der Waals surface area contributed by atoms with Gasteiger partial charge in [-0.15, -0.1) is 0 Å². The minimum Gasteiger partial charge on any atom is -0.444 e. The smallest absolute Gasteiger partial charge is 0.412 e. The van der Waals surface area contributed by atoms with Crippen molar-refractivity contribution < 1.29 is 9.53 Å². The maximum absolute atomic E-state index is 11.4. The Morgan fingerprint density at radius 1 is 1.44 bits per heavy atom. The number of anilines is 1. The lowest BCUT2D eigenvalue weighted by Crippen LogP contribution is -2.27. The molecular formula is C12H15ClNO2. The highest BCUT2D eigenvalue weighted by molar-refractivity contribution is 6.31. The van der Waals surface area contributed by atoms with Crippen molar-refractivity contribution in [2.45, 2.75) is 26.4 Å². The Morgan fingerprint density at radius 3 is 2.56 bits per heavy atom. The minimum atomic E-state index is -0.514. The molecule has 1 amide bonds. The monoisotopic (exact) mass is 240 g/mol. The lowest BCUT2D eigenvalue weighted by Gasteiger charge is -2.19. The van der Waals surface area contributed by atoms with Crippen LogP contribution in [-0.4, -0.2) is 11.7 Å². The number of nitrogens with one attached hydrogen (secondary N) is 1. The molecule has 0 atom stereocenters. The van der Waals surface area contributed by atoms with E-state index in [1.54, 1.807) is 39.0 Å². The van der Waals surface area contributed by atoms with Crippen LogP contribution in [0.15, 0.2) is 18.2 Å². The lowest BCUT2D eigenvalue weighted by molar-refractivity contribution is 0.0636. The van der Waals surface area contributed by atoms with E-state index in [-0.39, 0.29) is 0 Å². The van der Waals surface area contributed by atoms with Crippen LogP contribution in [0.4, 0.5) is 10.5 Å². The maximum atomic E-state index is 11.4. The second-order valence-corrected chi connectivity index (χ2v) is 4.84. The average Bonchev–Trinajstić information content (AvgIpc) is 2.08. The summed E-state index contributed by atoms with van der Waals surface area (Å²) >= 11 is 5.88. The highest BCUT2D eigenvalue weighted by Crippen LogP contribution is 2.20. The number of amides is 1. The van der Waals surface area contributed by atoms with Gasteiger partial charge in [0.15, 0.2) is 0 Å². The molecule has 0 unspecified atom stereocenters. The van der Waals surface area contributed by atoms with Crippen LogP contribution in [0.3, 0.4) is 0 Å². The largest absolute Gasteiger partial charge is 0.444 e. The van der Waals surface area contributed by atoms with E-state index in [9.17, 15) is 4.79 Å². The fourth-order valence-electron chi connectivity index (χ4n) is 1.05. The Hall–Kier alpha value is -1.22. The number of hydrogen-bond donors (Lipinski definition) is 1. The zero-order chi connectivity index (χ0) is 12.3. The van der Waals surface area contributed by atoms with Gasteiger partial charge in [0.1, 0.15) is 5.60 Å². The zero-order valence-corrected chi connectivity index (χ0v) is 10.4. The number of benzene rings is 1. The summed E-state index contributed by atoms with van der Waals surface area (Å²) in [6.45, 7) is 9.14. The molecule has 0 spiro atoms. The molecule has 1 N–H and O–H groups in total. The number of carbonyl (C=O) groups is 1. The van der Waals surface area contributed by atoms with Gasteiger partial charge in [-0.3, -0.25) is 5.32 Å². The van der Waals surface area contributed by atoms with Crippen LogP contribution in [0.5, 0.6) is 0 Å². The van der Waals surface area contributed by atoms with E-state index in [0.29, 0.717) is 10.7 Å². The molecule has 1 rings (SSSR count). The molecule has 4 heteroatoms. The van der Waals surface area contributed by atoms with Crippen molar-refractivity contribution in [2.24, 2.45) is 0 Å². The number of rotatable bonds is 1. The Bertz CT molecular complexity index is 396. The fraction of sp³-hybridized carbons (Fsp3) is 0.333. The van der Waals surface area contributed by atoms with E-state index < -0.39 is 11.7 Å². The van der Waals surface area contributed by atoms with Crippen LogP contribution in [0.2, 0.25) is 5.02 Å². The van der Waals surface area contributed by atoms with Crippen molar-refractivity contribution in [3.63, 3.8) is 0 Å². The molecule has 0 aliphatic carbocycles. The van der Waals surface area contributed by atoms with Crippen LogP contribution >= 0.6 is 11.6 Å². The van der Waals surface area contributed by atoms with Gasteiger partial charge in [-0.2, -0.15) is 0 Å². The summed E-state index contributed by atoms with van der Waals surface area (Å²) in [6, 6.07) is 5.08. The Kier molecular flexibility index (Phi) is 3.81. The van der Waals surface area contributed by atoms with Gasteiger partial charge < -0.3 is 4.74 Å². The summed E-state index contributed by atoms with van der Waals surface area (Å²) in [6.07, 6.45) is -0.500. The molecular weight excluding hydrogens is 226 g/mol. The topological polar surface area (TPSA) is 38.3 Å². The second kappa shape index (κ2) is 4.74. The summed E-state index contributed by atoms with van der Waals surface area (Å²) in [7, 11) is 0. The van der Waals surface area contributed by atoms with Gasteiger partial charge in [-0.25, -0.2) is 4.79 Å². The van der Waals surface area contributed by atoms with E-state index in [4.69, 9.17) is 16.3 Å². The third-order valence-electron chi connectivity index (χ3n) is 1.70. The van der Waals surface area contributed by atoms with E-state index in [2.05, 4.69) is 12.2 Å². The van der Waals surface area contributed by atoms with Crippen molar-refractivity contribution in [1.29, 1.82) is 0 Å². The molecule has 0 aromatic heterocycles. The lowest BCUT2D eigenvalue weighted by atomic mass is 10.2. The Balaban J connectivity index is 2.67. The molecule has 0 fully saturated rings. The van der Waals surface area contributed by atoms with Gasteiger partial charge in [0, 0.05) is 10.7 Å². The SMILES string of the molecule is [CH2]c1ccc(NC(=O)OC(C)(C)C)cc1Cl. The van der Waals surface area contributed by atoms with Crippen LogP contribution in [0.25, 0.3) is 0 Å². The molecule has 3 nitrogen and oxygen atoms in total. The number of halogens is 1. The maximum Gasteiger partial charge on any atom is 0.412 e. The average molecular weight is 241 g/mol. The number of ether oxygens (including phenoxy) is 1.